The van der Waals surface area contributed by atoms with Crippen LogP contribution >= 0.6 is 0 Å². The summed E-state index contributed by atoms with van der Waals surface area (Å²) in [5.74, 6) is -3.55. The molecule has 2 rings (SSSR count). The Morgan fingerprint density at radius 2 is 1.77 bits per heavy atom. The number of rotatable bonds is 6. The van der Waals surface area contributed by atoms with E-state index in [9.17, 15) is 18.4 Å². The zero-order valence-corrected chi connectivity index (χ0v) is 14.5. The molecule has 7 heteroatoms. The Bertz CT molecular complexity index is 836. The van der Waals surface area contributed by atoms with Crippen molar-refractivity contribution in [1.82, 2.24) is 5.32 Å². The van der Waals surface area contributed by atoms with Gasteiger partial charge < -0.3 is 15.2 Å². The van der Waals surface area contributed by atoms with Crippen molar-refractivity contribution in [3.63, 3.8) is 0 Å². The Balaban J connectivity index is 2.29. The third-order valence-electron chi connectivity index (χ3n) is 3.92. The highest BCUT2D eigenvalue weighted by Gasteiger charge is 2.25. The number of nitrogens with one attached hydrogen (secondary N) is 1. The van der Waals surface area contributed by atoms with Crippen molar-refractivity contribution in [1.29, 1.82) is 0 Å². The highest BCUT2D eigenvalue weighted by Crippen LogP contribution is 2.27. The number of benzene rings is 2. The summed E-state index contributed by atoms with van der Waals surface area (Å²) in [6, 6.07) is 6.65. The zero-order chi connectivity index (χ0) is 19.4. The number of carboxylic acids is 1. The van der Waals surface area contributed by atoms with Crippen molar-refractivity contribution in [2.24, 2.45) is 5.92 Å². The lowest BCUT2D eigenvalue weighted by Crippen LogP contribution is -2.44. The van der Waals surface area contributed by atoms with Crippen LogP contribution in [-0.2, 0) is 4.79 Å². The Kier molecular flexibility index (Phi) is 5.92. The molecule has 1 atom stereocenters. The minimum absolute atomic E-state index is 0.155. The fourth-order valence-corrected chi connectivity index (χ4v) is 2.46. The molecule has 0 unspecified atom stereocenters. The van der Waals surface area contributed by atoms with Gasteiger partial charge in [0.15, 0.2) is 0 Å². The summed E-state index contributed by atoms with van der Waals surface area (Å²) in [6.07, 6.45) is 0. The molecule has 0 aliphatic rings. The summed E-state index contributed by atoms with van der Waals surface area (Å²) in [5, 5.41) is 11.4. The van der Waals surface area contributed by atoms with Crippen LogP contribution in [0.5, 0.6) is 5.75 Å². The SMILES string of the molecule is COc1ccc(-c2ccc(C(=O)N[C@H](C(=O)O)C(C)C)c(F)c2)c(F)c1. The maximum atomic E-state index is 14.4. The second-order valence-electron chi connectivity index (χ2n) is 6.07. The van der Waals surface area contributed by atoms with Gasteiger partial charge in [-0.15, -0.1) is 0 Å². The quantitative estimate of drug-likeness (QED) is 0.824. The molecule has 1 amide bonds. The van der Waals surface area contributed by atoms with Gasteiger partial charge >= 0.3 is 5.97 Å². The number of hydrogen-bond donors (Lipinski definition) is 2. The van der Waals surface area contributed by atoms with E-state index in [1.807, 2.05) is 0 Å². The Morgan fingerprint density at radius 1 is 1.08 bits per heavy atom. The highest BCUT2D eigenvalue weighted by molar-refractivity contribution is 5.97. The van der Waals surface area contributed by atoms with Gasteiger partial charge in [0, 0.05) is 11.6 Å². The van der Waals surface area contributed by atoms with Crippen LogP contribution in [0.15, 0.2) is 36.4 Å². The molecule has 0 spiro atoms. The normalized spacial score (nSPS) is 11.9. The Morgan fingerprint density at radius 3 is 2.27 bits per heavy atom. The summed E-state index contributed by atoms with van der Waals surface area (Å²) in [7, 11) is 1.41. The van der Waals surface area contributed by atoms with Gasteiger partial charge in [0.25, 0.3) is 5.91 Å². The Hall–Kier alpha value is -2.96. The van der Waals surface area contributed by atoms with Crippen molar-refractivity contribution in [3.05, 3.63) is 53.6 Å². The Labute approximate surface area is 149 Å². The first-order valence-electron chi connectivity index (χ1n) is 7.91. The molecule has 2 aromatic rings. The average Bonchev–Trinajstić information content (AvgIpc) is 2.58. The molecule has 0 aliphatic heterocycles. The van der Waals surface area contributed by atoms with Gasteiger partial charge in [0.2, 0.25) is 0 Å². The molecule has 0 saturated carbocycles. The topological polar surface area (TPSA) is 75.6 Å². The predicted octanol–water partition coefficient (Wildman–Crippen LogP) is 3.48. The van der Waals surface area contributed by atoms with Crippen molar-refractivity contribution in [2.75, 3.05) is 7.11 Å². The molecule has 5 nitrogen and oxygen atoms in total. The van der Waals surface area contributed by atoms with Gasteiger partial charge in [-0.25, -0.2) is 13.6 Å². The van der Waals surface area contributed by atoms with Crippen LogP contribution in [0, 0.1) is 17.6 Å². The molecule has 0 aliphatic carbocycles. The first-order valence-corrected chi connectivity index (χ1v) is 7.91. The third-order valence-corrected chi connectivity index (χ3v) is 3.92. The number of aliphatic carboxylic acids is 1. The number of halogens is 2. The predicted molar refractivity (Wildman–Crippen MR) is 92.1 cm³/mol. The molecule has 0 aromatic heterocycles. The number of hydrogen-bond acceptors (Lipinski definition) is 3. The molecular formula is C19H19F2NO4. The van der Waals surface area contributed by atoms with Crippen LogP contribution in [0.4, 0.5) is 8.78 Å². The molecule has 0 saturated heterocycles. The number of ether oxygens (including phenoxy) is 1. The molecule has 138 valence electrons. The van der Waals surface area contributed by atoms with Gasteiger partial charge in [-0.3, -0.25) is 4.79 Å². The van der Waals surface area contributed by atoms with E-state index in [2.05, 4.69) is 5.32 Å². The van der Waals surface area contributed by atoms with E-state index in [1.54, 1.807) is 13.8 Å². The van der Waals surface area contributed by atoms with Crippen LogP contribution in [-0.4, -0.2) is 30.1 Å². The summed E-state index contributed by atoms with van der Waals surface area (Å²) < 4.78 is 33.4. The van der Waals surface area contributed by atoms with E-state index >= 15 is 0 Å². The molecule has 0 heterocycles. The third kappa shape index (κ3) is 4.17. The van der Waals surface area contributed by atoms with Gasteiger partial charge in [-0.05, 0) is 35.7 Å². The van der Waals surface area contributed by atoms with Crippen LogP contribution in [0.1, 0.15) is 24.2 Å². The zero-order valence-electron chi connectivity index (χ0n) is 14.5. The van der Waals surface area contributed by atoms with Gasteiger partial charge in [-0.1, -0.05) is 19.9 Å². The second kappa shape index (κ2) is 7.95. The maximum absolute atomic E-state index is 14.4. The minimum Gasteiger partial charge on any atom is -0.497 e. The van der Waals surface area contributed by atoms with Crippen LogP contribution in [0.25, 0.3) is 11.1 Å². The van der Waals surface area contributed by atoms with Gasteiger partial charge in [0.1, 0.15) is 23.4 Å². The fraction of sp³-hybridized carbons (Fsp3) is 0.263. The minimum atomic E-state index is -1.20. The first kappa shape index (κ1) is 19.4. The molecule has 2 aromatic carbocycles. The average molecular weight is 363 g/mol. The lowest BCUT2D eigenvalue weighted by Gasteiger charge is -2.18. The second-order valence-corrected chi connectivity index (χ2v) is 6.07. The number of carbonyl (C=O) groups excluding carboxylic acids is 1. The number of carboxylic acid groups (broad SMARTS) is 1. The van der Waals surface area contributed by atoms with Crippen LogP contribution in [0.2, 0.25) is 0 Å². The van der Waals surface area contributed by atoms with E-state index in [0.29, 0.717) is 5.75 Å². The fourth-order valence-electron chi connectivity index (χ4n) is 2.46. The molecule has 0 bridgehead atoms. The van der Waals surface area contributed by atoms with Crippen LogP contribution < -0.4 is 10.1 Å². The summed E-state index contributed by atoms with van der Waals surface area (Å²) in [6.45, 7) is 3.26. The number of carbonyl (C=O) groups is 2. The smallest absolute Gasteiger partial charge is 0.326 e. The van der Waals surface area contributed by atoms with E-state index < -0.39 is 29.6 Å². The summed E-state index contributed by atoms with van der Waals surface area (Å²) in [5.41, 5.74) is 0.0923. The van der Waals surface area contributed by atoms with Crippen molar-refractivity contribution < 1.29 is 28.2 Å². The summed E-state index contributed by atoms with van der Waals surface area (Å²) in [4.78, 5) is 23.3. The molecule has 26 heavy (non-hydrogen) atoms. The van der Waals surface area contributed by atoms with E-state index in [0.717, 1.165) is 6.07 Å². The van der Waals surface area contributed by atoms with E-state index in [-0.39, 0.29) is 22.6 Å². The molecular weight excluding hydrogens is 344 g/mol. The largest absolute Gasteiger partial charge is 0.497 e. The number of amides is 1. The molecule has 0 fully saturated rings. The number of methoxy groups -OCH3 is 1. The van der Waals surface area contributed by atoms with Gasteiger partial charge in [-0.2, -0.15) is 0 Å². The lowest BCUT2D eigenvalue weighted by molar-refractivity contribution is -0.140. The molecule has 0 radical (unpaired) electrons. The van der Waals surface area contributed by atoms with Crippen LogP contribution in [0.3, 0.4) is 0 Å². The van der Waals surface area contributed by atoms with Gasteiger partial charge in [0.05, 0.1) is 12.7 Å². The van der Waals surface area contributed by atoms with Crippen molar-refractivity contribution >= 4 is 11.9 Å². The van der Waals surface area contributed by atoms with E-state index in [4.69, 9.17) is 9.84 Å². The highest BCUT2D eigenvalue weighted by atomic mass is 19.1. The molecule has 2 N–H and O–H groups in total. The van der Waals surface area contributed by atoms with Crippen molar-refractivity contribution in [2.45, 2.75) is 19.9 Å². The summed E-state index contributed by atoms with van der Waals surface area (Å²) >= 11 is 0. The lowest BCUT2D eigenvalue weighted by atomic mass is 10.0. The monoisotopic (exact) mass is 363 g/mol. The maximum Gasteiger partial charge on any atom is 0.326 e. The standard InChI is InChI=1S/C19H19F2NO4/c1-10(2)17(19(24)25)22-18(23)14-6-4-11(8-15(14)20)13-7-5-12(26-3)9-16(13)21/h4-10,17H,1-3H3,(H,22,23)(H,24,25)/t17-/m0/s1. The first-order chi connectivity index (χ1) is 12.2. The van der Waals surface area contributed by atoms with E-state index in [1.165, 1.54) is 37.4 Å². The van der Waals surface area contributed by atoms with Crippen molar-refractivity contribution in [3.8, 4) is 16.9 Å².